The van der Waals surface area contributed by atoms with E-state index in [1.165, 1.54) is 37.7 Å². The molecule has 2 aromatic rings. The molecule has 0 N–H and O–H groups in total. The fraction of sp³-hybridized carbons (Fsp3) is 0.520. The van der Waals surface area contributed by atoms with Gasteiger partial charge in [-0.1, -0.05) is 31.4 Å². The van der Waals surface area contributed by atoms with E-state index in [2.05, 4.69) is 4.90 Å². The number of ether oxygens (including phenoxy) is 2. The molecule has 4 rings (SSSR count). The lowest BCUT2D eigenvalue weighted by Gasteiger charge is -2.43. The maximum atomic E-state index is 13.4. The molecule has 0 aromatic heterocycles. The van der Waals surface area contributed by atoms with E-state index in [9.17, 15) is 4.39 Å². The van der Waals surface area contributed by atoms with Crippen molar-refractivity contribution in [1.82, 2.24) is 4.90 Å². The van der Waals surface area contributed by atoms with Crippen molar-refractivity contribution in [1.29, 1.82) is 0 Å². The van der Waals surface area contributed by atoms with Crippen LogP contribution in [0.15, 0.2) is 48.5 Å². The van der Waals surface area contributed by atoms with Crippen molar-refractivity contribution in [3.63, 3.8) is 0 Å². The molecule has 1 heterocycles. The van der Waals surface area contributed by atoms with E-state index in [1.807, 2.05) is 36.4 Å². The summed E-state index contributed by atoms with van der Waals surface area (Å²) in [6.45, 7) is 2.87. The van der Waals surface area contributed by atoms with Gasteiger partial charge in [0.25, 0.3) is 0 Å². The van der Waals surface area contributed by atoms with Crippen LogP contribution in [-0.4, -0.2) is 37.7 Å². The second kappa shape index (κ2) is 9.62. The van der Waals surface area contributed by atoms with Crippen molar-refractivity contribution in [3.05, 3.63) is 59.9 Å². The Morgan fingerprint density at radius 3 is 2.28 bits per heavy atom. The van der Waals surface area contributed by atoms with E-state index in [1.54, 1.807) is 19.2 Å². The Hall–Kier alpha value is -2.07. The fourth-order valence-corrected chi connectivity index (χ4v) is 5.03. The van der Waals surface area contributed by atoms with Crippen LogP contribution in [0.5, 0.6) is 11.5 Å². The highest BCUT2D eigenvalue weighted by atomic mass is 19.1. The van der Waals surface area contributed by atoms with E-state index >= 15 is 0 Å². The second-order valence-corrected chi connectivity index (χ2v) is 8.48. The van der Waals surface area contributed by atoms with Crippen LogP contribution in [-0.2, 0) is 0 Å². The Morgan fingerprint density at radius 2 is 1.59 bits per heavy atom. The minimum Gasteiger partial charge on any atom is -0.497 e. The lowest BCUT2D eigenvalue weighted by Crippen LogP contribution is -2.47. The number of nitrogens with zero attached hydrogens (tertiary/aromatic N) is 1. The minimum atomic E-state index is -0.167. The molecule has 0 spiro atoms. The zero-order valence-corrected chi connectivity index (χ0v) is 17.4. The van der Waals surface area contributed by atoms with E-state index in [0.717, 1.165) is 37.1 Å². The zero-order valence-electron chi connectivity index (χ0n) is 17.4. The van der Waals surface area contributed by atoms with Crippen molar-refractivity contribution in [2.45, 2.75) is 50.5 Å². The molecule has 1 aliphatic heterocycles. The number of rotatable bonds is 6. The molecule has 2 aliphatic rings. The molecule has 0 bridgehead atoms. The Labute approximate surface area is 173 Å². The van der Waals surface area contributed by atoms with Gasteiger partial charge in [-0.25, -0.2) is 4.39 Å². The number of benzene rings is 2. The molecular formula is C25H32FNO2. The molecule has 0 radical (unpaired) electrons. The Bertz CT molecular complexity index is 755. The van der Waals surface area contributed by atoms with E-state index in [0.29, 0.717) is 18.4 Å². The van der Waals surface area contributed by atoms with Crippen molar-refractivity contribution in [3.8, 4) is 11.5 Å². The predicted molar refractivity (Wildman–Crippen MR) is 114 cm³/mol. The van der Waals surface area contributed by atoms with Gasteiger partial charge in [-0.2, -0.15) is 0 Å². The first kappa shape index (κ1) is 20.2. The lowest BCUT2D eigenvalue weighted by atomic mass is 9.79. The van der Waals surface area contributed by atoms with Gasteiger partial charge in [0.2, 0.25) is 0 Å². The van der Waals surface area contributed by atoms with Crippen LogP contribution in [0.4, 0.5) is 4.39 Å². The van der Waals surface area contributed by atoms with Crippen LogP contribution in [0.3, 0.4) is 0 Å². The first-order chi connectivity index (χ1) is 14.2. The summed E-state index contributed by atoms with van der Waals surface area (Å²) in [4.78, 5) is 2.70. The molecule has 29 heavy (non-hydrogen) atoms. The Morgan fingerprint density at radius 1 is 0.897 bits per heavy atom. The normalized spacial score (nSPS) is 23.7. The summed E-state index contributed by atoms with van der Waals surface area (Å²) >= 11 is 0. The summed E-state index contributed by atoms with van der Waals surface area (Å²) < 4.78 is 24.9. The number of hydrogen-bond donors (Lipinski definition) is 0. The molecule has 2 fully saturated rings. The average Bonchev–Trinajstić information content (AvgIpc) is 2.79. The monoisotopic (exact) mass is 397 g/mol. The number of halogens is 1. The van der Waals surface area contributed by atoms with Crippen molar-refractivity contribution in [2.24, 2.45) is 5.92 Å². The van der Waals surface area contributed by atoms with Gasteiger partial charge in [-0.05, 0) is 73.7 Å². The van der Waals surface area contributed by atoms with Gasteiger partial charge in [0, 0.05) is 18.5 Å². The Balaban J connectivity index is 1.46. The van der Waals surface area contributed by atoms with Crippen molar-refractivity contribution < 1.29 is 13.9 Å². The number of likely N-dealkylation sites (tertiary alicyclic amines) is 1. The minimum absolute atomic E-state index is 0.167. The van der Waals surface area contributed by atoms with Gasteiger partial charge in [0.05, 0.1) is 13.7 Å². The standard InChI is InChI=1S/C25H32FNO2/c1-28-23-11-13-24(14-12-23)29-18-20-17-27(22-5-3-2-4-6-22)16-15-25(20)19-7-9-21(26)10-8-19/h7-14,20,22,25H,2-6,15-18H2,1H3/t20-,25-/m0/s1. The number of hydrogen-bond acceptors (Lipinski definition) is 3. The molecule has 2 aromatic carbocycles. The lowest BCUT2D eigenvalue weighted by molar-refractivity contribution is 0.0639. The summed E-state index contributed by atoms with van der Waals surface area (Å²) in [5, 5.41) is 0. The highest BCUT2D eigenvalue weighted by Gasteiger charge is 2.34. The zero-order chi connectivity index (χ0) is 20.1. The fourth-order valence-electron chi connectivity index (χ4n) is 5.03. The maximum Gasteiger partial charge on any atom is 0.123 e. The number of piperidine rings is 1. The molecular weight excluding hydrogens is 365 g/mol. The molecule has 0 amide bonds. The van der Waals surface area contributed by atoms with Crippen LogP contribution < -0.4 is 9.47 Å². The van der Waals surface area contributed by atoms with Crippen LogP contribution >= 0.6 is 0 Å². The predicted octanol–water partition coefficient (Wildman–Crippen LogP) is 5.65. The third-order valence-electron chi connectivity index (χ3n) is 6.68. The third kappa shape index (κ3) is 5.11. The summed E-state index contributed by atoms with van der Waals surface area (Å²) in [5.41, 5.74) is 1.23. The topological polar surface area (TPSA) is 21.7 Å². The molecule has 1 saturated carbocycles. The van der Waals surface area contributed by atoms with Crippen molar-refractivity contribution >= 4 is 0 Å². The van der Waals surface area contributed by atoms with Gasteiger partial charge in [0.1, 0.15) is 17.3 Å². The van der Waals surface area contributed by atoms with Gasteiger partial charge < -0.3 is 9.47 Å². The van der Waals surface area contributed by atoms with Crippen LogP contribution in [0.2, 0.25) is 0 Å². The SMILES string of the molecule is COc1ccc(OC[C@@H]2CN(C3CCCCC3)CC[C@H]2c2ccc(F)cc2)cc1. The smallest absolute Gasteiger partial charge is 0.123 e. The Kier molecular flexibility index (Phi) is 6.70. The highest BCUT2D eigenvalue weighted by molar-refractivity contribution is 5.31. The average molecular weight is 398 g/mol. The van der Waals surface area contributed by atoms with Gasteiger partial charge >= 0.3 is 0 Å². The van der Waals surface area contributed by atoms with E-state index in [-0.39, 0.29) is 5.82 Å². The van der Waals surface area contributed by atoms with Crippen LogP contribution in [0.25, 0.3) is 0 Å². The first-order valence-electron chi connectivity index (χ1n) is 11.0. The van der Waals surface area contributed by atoms with E-state index in [4.69, 9.17) is 9.47 Å². The maximum absolute atomic E-state index is 13.4. The third-order valence-corrected chi connectivity index (χ3v) is 6.68. The molecule has 1 aliphatic carbocycles. The quantitative estimate of drug-likeness (QED) is 0.628. The summed E-state index contributed by atoms with van der Waals surface area (Å²) in [5.74, 6) is 2.35. The molecule has 0 unspecified atom stereocenters. The number of methoxy groups -OCH3 is 1. The van der Waals surface area contributed by atoms with Gasteiger partial charge in [0.15, 0.2) is 0 Å². The first-order valence-corrected chi connectivity index (χ1v) is 11.0. The van der Waals surface area contributed by atoms with Crippen molar-refractivity contribution in [2.75, 3.05) is 26.8 Å². The second-order valence-electron chi connectivity index (χ2n) is 8.48. The molecule has 156 valence electrons. The van der Waals surface area contributed by atoms with Crippen LogP contribution in [0, 0.1) is 11.7 Å². The molecule has 1 saturated heterocycles. The molecule has 2 atom stereocenters. The molecule has 4 heteroatoms. The highest BCUT2D eigenvalue weighted by Crippen LogP contribution is 2.36. The van der Waals surface area contributed by atoms with Gasteiger partial charge in [-0.15, -0.1) is 0 Å². The summed E-state index contributed by atoms with van der Waals surface area (Å²) in [7, 11) is 1.67. The van der Waals surface area contributed by atoms with Crippen LogP contribution in [0.1, 0.15) is 50.0 Å². The van der Waals surface area contributed by atoms with Gasteiger partial charge in [-0.3, -0.25) is 4.90 Å². The summed E-state index contributed by atoms with van der Waals surface area (Å²) in [6.07, 6.45) is 7.86. The largest absolute Gasteiger partial charge is 0.497 e. The van der Waals surface area contributed by atoms with E-state index < -0.39 is 0 Å². The summed E-state index contributed by atoms with van der Waals surface area (Å²) in [6, 6.07) is 15.6. The molecule has 3 nitrogen and oxygen atoms in total.